The van der Waals surface area contributed by atoms with Gasteiger partial charge in [0, 0.05) is 45.1 Å². The van der Waals surface area contributed by atoms with Gasteiger partial charge in [0.15, 0.2) is 6.10 Å². The first-order chi connectivity index (χ1) is 14.1. The molecule has 4 fully saturated rings. The topological polar surface area (TPSA) is 29.5 Å². The van der Waals surface area contributed by atoms with E-state index < -0.39 is 0 Å². The van der Waals surface area contributed by atoms with Crippen LogP contribution < -0.4 is 21.9 Å². The minimum Gasteiger partial charge on any atom is -1.00 e. The number of anilines is 1. The Balaban J connectivity index is 0.00000218. The van der Waals surface area contributed by atoms with Crippen molar-refractivity contribution in [2.45, 2.75) is 38.3 Å². The predicted octanol–water partition coefficient (Wildman–Crippen LogP) is 2.68. The van der Waals surface area contributed by atoms with E-state index in [0.29, 0.717) is 12.5 Å². The number of para-hydroxylation sites is 1. The van der Waals surface area contributed by atoms with Crippen LogP contribution in [0.3, 0.4) is 0 Å². The normalized spacial score (nSPS) is 27.4. The summed E-state index contributed by atoms with van der Waals surface area (Å²) in [5.74, 6) is 1.45. The minimum absolute atomic E-state index is 0. The van der Waals surface area contributed by atoms with Crippen molar-refractivity contribution in [3.8, 4) is 0 Å². The zero-order chi connectivity index (χ0) is 19.8. The first kappa shape index (κ1) is 22.3. The molecule has 6 rings (SSSR count). The van der Waals surface area contributed by atoms with Gasteiger partial charge in [0.05, 0.1) is 26.2 Å². The molecule has 1 atom stereocenters. The van der Waals surface area contributed by atoms with E-state index in [2.05, 4.69) is 27.4 Å². The number of carbonyl (C=O) groups excluding carboxylic acids is 1. The second kappa shape index (κ2) is 9.31. The van der Waals surface area contributed by atoms with Crippen molar-refractivity contribution in [1.82, 2.24) is 0 Å². The number of benzene rings is 1. The van der Waals surface area contributed by atoms with E-state index in [1.807, 2.05) is 30.3 Å². The van der Waals surface area contributed by atoms with Gasteiger partial charge in [-0.3, -0.25) is 4.90 Å². The van der Waals surface area contributed by atoms with Crippen LogP contribution in [-0.2, 0) is 11.3 Å². The molecule has 3 aliphatic heterocycles. The molecule has 4 nitrogen and oxygen atoms in total. The summed E-state index contributed by atoms with van der Waals surface area (Å²) in [6, 6.07) is 12.0. The number of piperidine rings is 3. The van der Waals surface area contributed by atoms with Crippen molar-refractivity contribution >= 4 is 39.0 Å². The van der Waals surface area contributed by atoms with Gasteiger partial charge >= 0.3 is 6.09 Å². The number of nitrogens with zero attached hydrogens (tertiary/aromatic N) is 2. The Morgan fingerprint density at radius 3 is 2.53 bits per heavy atom. The van der Waals surface area contributed by atoms with Gasteiger partial charge in [-0.1, -0.05) is 18.2 Å². The molecule has 4 aliphatic rings. The van der Waals surface area contributed by atoms with Crippen LogP contribution in [0.1, 0.15) is 30.6 Å². The maximum Gasteiger partial charge on any atom is 0.415 e. The first-order valence-electron chi connectivity index (χ1n) is 10.7. The molecule has 7 heteroatoms. The maximum atomic E-state index is 13.3. The number of hydrogen-bond donors (Lipinski definition) is 0. The predicted molar refractivity (Wildman–Crippen MR) is 120 cm³/mol. The molecule has 1 aliphatic carbocycles. The van der Waals surface area contributed by atoms with E-state index in [-0.39, 0.29) is 29.2 Å². The lowest BCUT2D eigenvalue weighted by Gasteiger charge is -2.52. The van der Waals surface area contributed by atoms with Crippen LogP contribution in [0, 0.1) is 11.8 Å². The van der Waals surface area contributed by atoms with Gasteiger partial charge in [-0.05, 0) is 47.0 Å². The standard InChI is InChI=1S/C23H28BrN2O2S.BrH/c24-19-12-21(29-16-19)13-25(20-4-2-1-3-5-20)23(27)28-22-15-26(14-17-6-7-17)10-8-18(22)9-11-26;/h1-5,12,16-18,22H,6-11,13-15H2;1H/q+1;/p-1/t18?,22-,26?;/m0./s1. The molecule has 2 bridgehead atoms. The number of amides is 1. The molecular weight excluding hydrogens is 528 g/mol. The second-order valence-electron chi connectivity index (χ2n) is 9.01. The molecule has 162 valence electrons. The molecule has 3 saturated heterocycles. The van der Waals surface area contributed by atoms with Crippen LogP contribution in [0.5, 0.6) is 0 Å². The summed E-state index contributed by atoms with van der Waals surface area (Å²) < 4.78 is 8.45. The Kier molecular flexibility index (Phi) is 6.92. The lowest BCUT2D eigenvalue weighted by molar-refractivity contribution is -0.947. The number of hydrogen-bond acceptors (Lipinski definition) is 3. The maximum absolute atomic E-state index is 13.3. The van der Waals surface area contributed by atoms with E-state index in [0.717, 1.165) is 27.5 Å². The highest BCUT2D eigenvalue weighted by Crippen LogP contribution is 2.41. The van der Waals surface area contributed by atoms with Crippen LogP contribution in [0.15, 0.2) is 46.3 Å². The molecular formula is C23H28Br2N2O2S. The van der Waals surface area contributed by atoms with Crippen molar-refractivity contribution in [3.05, 3.63) is 51.1 Å². The van der Waals surface area contributed by atoms with E-state index in [1.54, 1.807) is 16.2 Å². The van der Waals surface area contributed by atoms with Crippen molar-refractivity contribution in [3.63, 3.8) is 0 Å². The van der Waals surface area contributed by atoms with Gasteiger partial charge in [0.25, 0.3) is 0 Å². The monoisotopic (exact) mass is 554 g/mol. The van der Waals surface area contributed by atoms with Gasteiger partial charge in [-0.15, -0.1) is 11.3 Å². The number of fused-ring (bicyclic) bond motifs is 3. The fraction of sp³-hybridized carbons (Fsp3) is 0.522. The fourth-order valence-corrected chi connectivity index (χ4v) is 6.55. The highest BCUT2D eigenvalue weighted by atomic mass is 79.9. The van der Waals surface area contributed by atoms with E-state index in [4.69, 9.17) is 4.74 Å². The number of halogens is 2. The zero-order valence-electron chi connectivity index (χ0n) is 17.0. The van der Waals surface area contributed by atoms with Crippen LogP contribution in [0.25, 0.3) is 0 Å². The van der Waals surface area contributed by atoms with Gasteiger partial charge in [0.2, 0.25) is 0 Å². The average Bonchev–Trinajstić information content (AvgIpc) is 3.44. The van der Waals surface area contributed by atoms with Crippen LogP contribution in [-0.4, -0.2) is 42.9 Å². The highest BCUT2D eigenvalue weighted by Gasteiger charge is 2.49. The molecule has 4 heterocycles. The van der Waals surface area contributed by atoms with Crippen LogP contribution in [0.2, 0.25) is 0 Å². The molecule has 1 saturated carbocycles. The first-order valence-corrected chi connectivity index (χ1v) is 12.4. The Hall–Kier alpha value is -0.890. The zero-order valence-corrected chi connectivity index (χ0v) is 21.0. The Labute approximate surface area is 201 Å². The molecule has 1 aromatic carbocycles. The average molecular weight is 556 g/mol. The Bertz CT molecular complexity index is 863. The largest absolute Gasteiger partial charge is 1.00 e. The van der Waals surface area contributed by atoms with Gasteiger partial charge in [-0.25, -0.2) is 4.79 Å². The summed E-state index contributed by atoms with van der Waals surface area (Å²) in [7, 11) is 0. The summed E-state index contributed by atoms with van der Waals surface area (Å²) >= 11 is 5.18. The van der Waals surface area contributed by atoms with E-state index >= 15 is 0 Å². The third-order valence-corrected chi connectivity index (χ3v) is 8.54. The van der Waals surface area contributed by atoms with E-state index in [9.17, 15) is 4.79 Å². The lowest BCUT2D eigenvalue weighted by atomic mass is 9.83. The number of quaternary nitrogens is 1. The highest BCUT2D eigenvalue weighted by molar-refractivity contribution is 9.10. The minimum atomic E-state index is -0.205. The molecule has 0 unspecified atom stereocenters. The third kappa shape index (κ3) is 4.95. The molecule has 0 N–H and O–H groups in total. The summed E-state index contributed by atoms with van der Waals surface area (Å²) in [5.41, 5.74) is 0.894. The quantitative estimate of drug-likeness (QED) is 0.513. The second-order valence-corrected chi connectivity index (χ2v) is 10.9. The van der Waals surface area contributed by atoms with Crippen molar-refractivity contribution in [2.24, 2.45) is 11.8 Å². The number of ether oxygens (including phenoxy) is 1. The van der Waals surface area contributed by atoms with E-state index in [1.165, 1.54) is 49.8 Å². The summed E-state index contributed by atoms with van der Waals surface area (Å²) in [5, 5.41) is 2.06. The van der Waals surface area contributed by atoms with Crippen molar-refractivity contribution in [2.75, 3.05) is 31.1 Å². The summed E-state index contributed by atoms with van der Waals surface area (Å²) in [6.45, 7) is 5.41. The molecule has 0 radical (unpaired) electrons. The summed E-state index contributed by atoms with van der Waals surface area (Å²) in [6.07, 6.45) is 5.05. The van der Waals surface area contributed by atoms with Crippen LogP contribution >= 0.6 is 27.3 Å². The molecule has 1 amide bonds. The molecule has 0 spiro atoms. The van der Waals surface area contributed by atoms with Gasteiger partial charge < -0.3 is 26.2 Å². The third-order valence-electron chi connectivity index (χ3n) is 6.86. The van der Waals surface area contributed by atoms with Gasteiger partial charge in [-0.2, -0.15) is 0 Å². The van der Waals surface area contributed by atoms with Gasteiger partial charge in [0.1, 0.15) is 6.54 Å². The van der Waals surface area contributed by atoms with Crippen molar-refractivity contribution < 1.29 is 31.0 Å². The smallest absolute Gasteiger partial charge is 0.415 e. The molecule has 1 aromatic heterocycles. The number of carbonyl (C=O) groups is 1. The Morgan fingerprint density at radius 2 is 1.90 bits per heavy atom. The molecule has 30 heavy (non-hydrogen) atoms. The van der Waals surface area contributed by atoms with Crippen LogP contribution in [0.4, 0.5) is 10.5 Å². The summed E-state index contributed by atoms with van der Waals surface area (Å²) in [4.78, 5) is 16.3. The van der Waals surface area contributed by atoms with Crippen molar-refractivity contribution in [1.29, 1.82) is 0 Å². The fourth-order valence-electron chi connectivity index (χ4n) is 5.11. The Morgan fingerprint density at radius 1 is 1.17 bits per heavy atom. The number of rotatable bonds is 6. The SMILES string of the molecule is O=C(O[C@H]1C[N+]2(CC3CC3)CCC1CC2)N(Cc1cc(Br)cs1)c1ccccc1.[Br-]. The molecule has 2 aromatic rings. The lowest BCUT2D eigenvalue weighted by Crippen LogP contribution is -3.00. The number of thiophene rings is 1.